The highest BCUT2D eigenvalue weighted by atomic mass is 127. The van der Waals surface area contributed by atoms with Crippen molar-refractivity contribution >= 4 is 52.6 Å². The van der Waals surface area contributed by atoms with E-state index in [-0.39, 0.29) is 24.0 Å². The van der Waals surface area contributed by atoms with Crippen molar-refractivity contribution < 1.29 is 0 Å². The average molecular weight is 465 g/mol. The number of rotatable bonds is 6. The van der Waals surface area contributed by atoms with E-state index in [1.165, 1.54) is 14.8 Å². The van der Waals surface area contributed by atoms with E-state index in [4.69, 9.17) is 0 Å². The fourth-order valence-corrected chi connectivity index (χ4v) is 3.78. The van der Waals surface area contributed by atoms with Crippen LogP contribution in [0.5, 0.6) is 0 Å². The van der Waals surface area contributed by atoms with Gasteiger partial charge < -0.3 is 10.6 Å². The molecule has 2 rings (SSSR count). The Morgan fingerprint density at radius 2 is 2.04 bits per heavy atom. The monoisotopic (exact) mass is 465 g/mol. The summed E-state index contributed by atoms with van der Waals surface area (Å²) in [4.78, 5) is 15.7. The zero-order valence-corrected chi connectivity index (χ0v) is 17.9. The first-order chi connectivity index (χ1) is 10.6. The maximum Gasteiger partial charge on any atom is 0.191 e. The van der Waals surface area contributed by atoms with Gasteiger partial charge in [-0.1, -0.05) is 6.92 Å². The molecule has 0 saturated carbocycles. The Morgan fingerprint density at radius 1 is 1.26 bits per heavy atom. The lowest BCUT2D eigenvalue weighted by Gasteiger charge is -2.10. The van der Waals surface area contributed by atoms with Crippen LogP contribution in [0.25, 0.3) is 0 Å². The largest absolute Gasteiger partial charge is 0.356 e. The summed E-state index contributed by atoms with van der Waals surface area (Å²) in [5, 5.41) is 8.95. The van der Waals surface area contributed by atoms with Crippen molar-refractivity contribution in [3.63, 3.8) is 0 Å². The zero-order valence-electron chi connectivity index (χ0n) is 14.0. The van der Waals surface area contributed by atoms with Gasteiger partial charge in [0.2, 0.25) is 0 Å². The minimum Gasteiger partial charge on any atom is -0.356 e. The van der Waals surface area contributed by atoms with E-state index < -0.39 is 0 Å². The number of guanidine groups is 1. The van der Waals surface area contributed by atoms with Crippen LogP contribution in [0.2, 0.25) is 0 Å². The van der Waals surface area contributed by atoms with Gasteiger partial charge in [0.1, 0.15) is 0 Å². The first kappa shape index (κ1) is 20.3. The van der Waals surface area contributed by atoms with Gasteiger partial charge in [-0.05, 0) is 20.3 Å². The SMILES string of the molecule is CCc1cnc(CCNC(=NC)NCc2sc(C)nc2C)s1.I. The van der Waals surface area contributed by atoms with Gasteiger partial charge in [0.05, 0.1) is 22.3 Å². The third-order valence-electron chi connectivity index (χ3n) is 3.22. The highest BCUT2D eigenvalue weighted by molar-refractivity contribution is 14.0. The molecular formula is C15H24IN5S2. The molecule has 0 unspecified atom stereocenters. The number of nitrogens with one attached hydrogen (secondary N) is 2. The average Bonchev–Trinajstić information content (AvgIpc) is 3.09. The van der Waals surface area contributed by atoms with E-state index in [1.54, 1.807) is 29.7 Å². The Labute approximate surface area is 163 Å². The normalized spacial score (nSPS) is 11.2. The molecule has 0 saturated heterocycles. The topological polar surface area (TPSA) is 62.2 Å². The van der Waals surface area contributed by atoms with Gasteiger partial charge in [0.25, 0.3) is 0 Å². The van der Waals surface area contributed by atoms with Crippen LogP contribution < -0.4 is 10.6 Å². The summed E-state index contributed by atoms with van der Waals surface area (Å²) >= 11 is 3.52. The molecule has 0 bridgehead atoms. The molecule has 0 aliphatic carbocycles. The maximum atomic E-state index is 4.44. The van der Waals surface area contributed by atoms with Crippen LogP contribution >= 0.6 is 46.7 Å². The number of halogens is 1. The van der Waals surface area contributed by atoms with Gasteiger partial charge in [-0.25, -0.2) is 9.97 Å². The van der Waals surface area contributed by atoms with Crippen LogP contribution in [0.1, 0.15) is 32.4 Å². The van der Waals surface area contributed by atoms with Crippen LogP contribution in [0.4, 0.5) is 0 Å². The second kappa shape index (κ2) is 10.2. The van der Waals surface area contributed by atoms with Crippen molar-refractivity contribution in [3.8, 4) is 0 Å². The Bertz CT molecular complexity index is 636. The molecule has 2 N–H and O–H groups in total. The molecule has 128 valence electrons. The van der Waals surface area contributed by atoms with E-state index >= 15 is 0 Å². The lowest BCUT2D eigenvalue weighted by molar-refractivity contribution is 0.793. The highest BCUT2D eigenvalue weighted by Gasteiger charge is 2.06. The lowest BCUT2D eigenvalue weighted by atomic mass is 10.4. The zero-order chi connectivity index (χ0) is 15.9. The van der Waals surface area contributed by atoms with Crippen LogP contribution in [-0.2, 0) is 19.4 Å². The van der Waals surface area contributed by atoms with E-state index in [9.17, 15) is 0 Å². The Balaban J connectivity index is 0.00000264. The third-order valence-corrected chi connectivity index (χ3v) is 5.50. The highest BCUT2D eigenvalue weighted by Crippen LogP contribution is 2.16. The molecule has 2 aromatic heterocycles. The summed E-state index contributed by atoms with van der Waals surface area (Å²) in [6, 6.07) is 0. The molecule has 2 heterocycles. The summed E-state index contributed by atoms with van der Waals surface area (Å²) in [5.74, 6) is 0.817. The molecule has 0 fully saturated rings. The number of hydrogen-bond acceptors (Lipinski definition) is 5. The number of thiazole rings is 2. The van der Waals surface area contributed by atoms with Gasteiger partial charge in [-0.2, -0.15) is 0 Å². The van der Waals surface area contributed by atoms with Crippen molar-refractivity contribution in [1.82, 2.24) is 20.6 Å². The van der Waals surface area contributed by atoms with E-state index in [0.717, 1.165) is 42.6 Å². The summed E-state index contributed by atoms with van der Waals surface area (Å²) in [6.45, 7) is 7.83. The Morgan fingerprint density at radius 3 is 2.61 bits per heavy atom. The Kier molecular flexibility index (Phi) is 9.00. The lowest BCUT2D eigenvalue weighted by Crippen LogP contribution is -2.37. The molecule has 0 aliphatic heterocycles. The number of aryl methyl sites for hydroxylation is 3. The fourth-order valence-electron chi connectivity index (χ4n) is 2.04. The molecule has 0 radical (unpaired) electrons. The van der Waals surface area contributed by atoms with E-state index in [0.29, 0.717) is 0 Å². The molecule has 0 aromatic carbocycles. The first-order valence-corrected chi connectivity index (χ1v) is 9.06. The van der Waals surface area contributed by atoms with Crippen LogP contribution in [-0.4, -0.2) is 29.5 Å². The number of aromatic nitrogens is 2. The molecule has 5 nitrogen and oxygen atoms in total. The molecule has 0 aliphatic rings. The maximum absolute atomic E-state index is 4.44. The molecule has 23 heavy (non-hydrogen) atoms. The van der Waals surface area contributed by atoms with Crippen LogP contribution in [0, 0.1) is 13.8 Å². The van der Waals surface area contributed by atoms with Crippen LogP contribution in [0.15, 0.2) is 11.2 Å². The standard InChI is InChI=1S/C15H23N5S2.HI/c1-5-12-8-18-14(22-12)6-7-17-15(16-4)19-9-13-10(2)20-11(3)21-13;/h8H,5-7,9H2,1-4H3,(H2,16,17,19);1H. The first-order valence-electron chi connectivity index (χ1n) is 7.43. The van der Waals surface area contributed by atoms with Gasteiger partial charge >= 0.3 is 0 Å². The van der Waals surface area contributed by atoms with Crippen molar-refractivity contribution in [1.29, 1.82) is 0 Å². The Hall–Kier alpha value is -0.740. The van der Waals surface area contributed by atoms with Gasteiger partial charge in [0.15, 0.2) is 5.96 Å². The summed E-state index contributed by atoms with van der Waals surface area (Å²) in [7, 11) is 1.79. The van der Waals surface area contributed by atoms with E-state index in [1.807, 2.05) is 20.0 Å². The predicted octanol–water partition coefficient (Wildman–Crippen LogP) is 3.30. The van der Waals surface area contributed by atoms with E-state index in [2.05, 4.69) is 32.5 Å². The summed E-state index contributed by atoms with van der Waals surface area (Å²) in [5.41, 5.74) is 1.10. The fraction of sp³-hybridized carbons (Fsp3) is 0.533. The van der Waals surface area contributed by atoms with Crippen molar-refractivity contribution in [3.05, 3.63) is 31.7 Å². The summed E-state index contributed by atoms with van der Waals surface area (Å²) in [6.07, 6.45) is 3.95. The van der Waals surface area contributed by atoms with Gasteiger partial charge in [-0.15, -0.1) is 46.7 Å². The van der Waals surface area contributed by atoms with Gasteiger partial charge in [-0.3, -0.25) is 4.99 Å². The molecule has 0 spiro atoms. The van der Waals surface area contributed by atoms with Gasteiger partial charge in [0, 0.05) is 36.0 Å². The molecular weight excluding hydrogens is 441 g/mol. The number of nitrogens with zero attached hydrogens (tertiary/aromatic N) is 3. The van der Waals surface area contributed by atoms with Crippen molar-refractivity contribution in [2.24, 2.45) is 4.99 Å². The number of aliphatic imine (C=N–C) groups is 1. The third kappa shape index (κ3) is 6.34. The molecule has 8 heteroatoms. The second-order valence-electron chi connectivity index (χ2n) is 4.92. The second-order valence-corrected chi connectivity index (χ2v) is 7.41. The molecule has 2 aromatic rings. The summed E-state index contributed by atoms with van der Waals surface area (Å²) < 4.78 is 0. The predicted molar refractivity (Wildman–Crippen MR) is 110 cm³/mol. The smallest absolute Gasteiger partial charge is 0.191 e. The minimum absolute atomic E-state index is 0. The van der Waals surface area contributed by atoms with Crippen LogP contribution in [0.3, 0.4) is 0 Å². The molecule has 0 atom stereocenters. The molecule has 0 amide bonds. The van der Waals surface area contributed by atoms with Crippen molar-refractivity contribution in [2.75, 3.05) is 13.6 Å². The quantitative estimate of drug-likeness (QED) is 0.391. The number of hydrogen-bond donors (Lipinski definition) is 2. The minimum atomic E-state index is 0. The van der Waals surface area contributed by atoms with Crippen molar-refractivity contribution in [2.45, 2.75) is 40.2 Å².